The first-order valence-corrected chi connectivity index (χ1v) is 39.5. The fourth-order valence-electron chi connectivity index (χ4n) is 10.7. The van der Waals surface area contributed by atoms with Gasteiger partial charge in [0.05, 0.1) is 114 Å². The number of furan rings is 1. The molecule has 0 amide bonds. The van der Waals surface area contributed by atoms with Gasteiger partial charge >= 0.3 is 0 Å². The highest BCUT2D eigenvalue weighted by molar-refractivity contribution is 7.92. The fraction of sp³-hybridized carbons (Fsp3) is 0.203. The molecule has 5 N–H and O–H groups in total. The zero-order valence-electron chi connectivity index (χ0n) is 55.3. The Balaban J connectivity index is 0.000000148. The predicted octanol–water partition coefficient (Wildman–Crippen LogP) is 14.3. The first-order valence-electron chi connectivity index (χ1n) is 31.5. The normalized spacial score (nSPS) is 13.6. The van der Waals surface area contributed by atoms with E-state index >= 15 is 4.39 Å². The van der Waals surface area contributed by atoms with Gasteiger partial charge in [-0.25, -0.2) is 92.1 Å². The summed E-state index contributed by atoms with van der Waals surface area (Å²) in [7, 11) is -12.6. The van der Waals surface area contributed by atoms with Gasteiger partial charge in [0, 0.05) is 66.9 Å². The van der Waals surface area contributed by atoms with Crippen molar-refractivity contribution in [1.29, 1.82) is 0 Å². The Bertz CT molecular complexity index is 5540. The van der Waals surface area contributed by atoms with Gasteiger partial charge in [0.1, 0.15) is 39.4 Å². The van der Waals surface area contributed by atoms with Gasteiger partial charge in [-0.05, 0) is 90.0 Å². The molecule has 0 bridgehead atoms. The summed E-state index contributed by atoms with van der Waals surface area (Å²) < 4.78 is 166. The number of morpholine rings is 2. The second-order valence-electron chi connectivity index (χ2n) is 24.1. The van der Waals surface area contributed by atoms with Crippen LogP contribution >= 0.6 is 57.2 Å². The predicted molar refractivity (Wildman–Crippen MR) is 393 cm³/mol. The number of sulfonamides is 1. The Morgan fingerprint density at radius 3 is 1.52 bits per heavy atom. The fourth-order valence-corrected chi connectivity index (χ4v) is 18.6. The molecule has 2 fully saturated rings. The van der Waals surface area contributed by atoms with Crippen LogP contribution in [0.4, 0.5) is 49.8 Å². The molecule has 23 nitrogen and oxygen atoms in total. The molecule has 0 atom stereocenters. The number of aromatic nitrogens is 9. The number of benzene rings is 5. The second kappa shape index (κ2) is 31.7. The van der Waals surface area contributed by atoms with Crippen LogP contribution in [-0.4, -0.2) is 123 Å². The first kappa shape index (κ1) is 75.2. The number of halogens is 7. The van der Waals surface area contributed by atoms with E-state index < -0.39 is 80.0 Å². The lowest BCUT2D eigenvalue weighted by atomic mass is 9.98. The topological polar surface area (TPSA) is 321 Å². The number of rotatable bonds is 17. The van der Waals surface area contributed by atoms with Crippen molar-refractivity contribution in [2.45, 2.75) is 52.6 Å². The SMILES string of the molecule is CC(C)(C)c1nc(-c2cccc(NS(=O)(=O)c3cc(F)ccc3F)c2F)c(-c2ccncn2)s1.Nc1nccc(-c2sc(N3CCOCC3)nc2-c2cccc(CS(=O)(=O)c3cc(F)ccc3F)c2Cl)n1.Nc1nccc(-c2sc(N3CCOCC3)nc2-c2cccc(CS(=O)(=O)c3ccco3)c2Cl)n1. The summed E-state index contributed by atoms with van der Waals surface area (Å²) in [5.74, 6) is -5.60. The summed E-state index contributed by atoms with van der Waals surface area (Å²) in [6.45, 7) is 11.0. The lowest BCUT2D eigenvalue weighted by Gasteiger charge is -2.26. The van der Waals surface area contributed by atoms with Gasteiger partial charge < -0.3 is 35.2 Å². The van der Waals surface area contributed by atoms with Gasteiger partial charge in [-0.2, -0.15) is 0 Å². The quantitative estimate of drug-likeness (QED) is 0.0713. The van der Waals surface area contributed by atoms with Crippen LogP contribution in [0.5, 0.6) is 0 Å². The maximum Gasteiger partial charge on any atom is 0.265 e. The molecule has 2 saturated heterocycles. The molecule has 105 heavy (non-hydrogen) atoms. The van der Waals surface area contributed by atoms with E-state index in [1.165, 1.54) is 89.2 Å². The summed E-state index contributed by atoms with van der Waals surface area (Å²) in [5, 5.41) is 2.58. The van der Waals surface area contributed by atoms with E-state index in [2.05, 4.69) is 44.7 Å². The van der Waals surface area contributed by atoms with E-state index in [-0.39, 0.29) is 50.0 Å². The molecule has 2 aliphatic heterocycles. The number of thiazole rings is 3. The van der Waals surface area contributed by atoms with Gasteiger partial charge in [0.25, 0.3) is 10.0 Å². The number of hydrogen-bond acceptors (Lipinski definition) is 25. The van der Waals surface area contributed by atoms with E-state index in [1.807, 2.05) is 31.6 Å². The minimum absolute atomic E-state index is 0.0280. The zero-order valence-corrected chi connectivity index (χ0v) is 61.8. The molecule has 0 radical (unpaired) electrons. The molecule has 0 spiro atoms. The van der Waals surface area contributed by atoms with Crippen LogP contribution < -0.4 is 26.0 Å². The lowest BCUT2D eigenvalue weighted by Crippen LogP contribution is -2.36. The lowest BCUT2D eigenvalue weighted by molar-refractivity contribution is 0.122. The second-order valence-corrected chi connectivity index (χ2v) is 33.4. The molecule has 12 aromatic rings. The molecule has 5 aromatic carbocycles. The minimum atomic E-state index is -4.61. The molecule has 9 heterocycles. The average molecular weight is 1590 g/mol. The van der Waals surface area contributed by atoms with E-state index in [4.69, 9.17) is 58.5 Å². The number of hydrogen-bond donors (Lipinski definition) is 3. The third kappa shape index (κ3) is 17.3. The van der Waals surface area contributed by atoms with Gasteiger partial charge in [-0.1, -0.05) is 109 Å². The highest BCUT2D eigenvalue weighted by atomic mass is 35.5. The zero-order chi connectivity index (χ0) is 74.5. The van der Waals surface area contributed by atoms with Gasteiger partial charge in [0.2, 0.25) is 26.8 Å². The van der Waals surface area contributed by atoms with E-state index in [1.54, 1.807) is 54.9 Å². The van der Waals surface area contributed by atoms with Gasteiger partial charge in [-0.3, -0.25) is 4.72 Å². The average Bonchev–Trinajstić information content (AvgIpc) is 1.41. The molecular weight excluding hydrogens is 1530 g/mol. The van der Waals surface area contributed by atoms with Crippen molar-refractivity contribution in [3.8, 4) is 65.5 Å². The van der Waals surface area contributed by atoms with Crippen molar-refractivity contribution < 1.29 is 61.1 Å². The third-order valence-corrected chi connectivity index (χ3v) is 25.0. The van der Waals surface area contributed by atoms with Crippen molar-refractivity contribution in [3.63, 3.8) is 0 Å². The van der Waals surface area contributed by atoms with E-state index in [0.29, 0.717) is 131 Å². The number of nitrogens with one attached hydrogen (secondary N) is 1. The molecular formula is C69H59Cl2F5N14O9S6. The Labute approximate surface area is 620 Å². The standard InChI is InChI=1S/C24H20ClF2N5O3S2.C23H19F3N4O2S2.C22H20ClN5O4S2/c25-20-14(13-37(33,34)19-12-15(26)4-5-17(19)27)2-1-3-16(20)21-22(18-6-7-29-23(28)30-18)36-24(31-21)32-8-10-35-11-9-32;1-23(2,3)22-29-20(21(33-22)17-9-10-27-12-28-17)14-5-4-6-16(19(14)26)30-34(31,32)18-11-13(24)7-8-15(18)25;23-18-14(13-34(29,30)17-5-2-10-32-17)3-1-4-15(18)19-20(16-6-7-25-21(24)26-16)33-22(27-19)28-8-11-31-12-9-28/h1-7,12H,8-11,13H2,(H2,28,29,30);4-12,30H,1-3H3;1-7,10H,8-9,11-13H2,(H2,24,25,26). The molecule has 14 rings (SSSR count). The molecule has 7 aromatic heterocycles. The third-order valence-electron chi connectivity index (χ3n) is 15.8. The van der Waals surface area contributed by atoms with Gasteiger partial charge in [0.15, 0.2) is 25.9 Å². The van der Waals surface area contributed by atoms with Crippen molar-refractivity contribution >= 4 is 115 Å². The molecule has 0 unspecified atom stereocenters. The maximum absolute atomic E-state index is 15.6. The Morgan fingerprint density at radius 2 is 1.02 bits per heavy atom. The van der Waals surface area contributed by atoms with Crippen molar-refractivity contribution in [2.24, 2.45) is 0 Å². The van der Waals surface area contributed by atoms with Crippen LogP contribution in [0.1, 0.15) is 36.9 Å². The van der Waals surface area contributed by atoms with Crippen molar-refractivity contribution in [2.75, 3.05) is 78.6 Å². The smallest absolute Gasteiger partial charge is 0.265 e. The number of nitrogens with zero attached hydrogens (tertiary/aromatic N) is 11. The van der Waals surface area contributed by atoms with Gasteiger partial charge in [-0.15, -0.1) is 11.3 Å². The summed E-state index contributed by atoms with van der Waals surface area (Å²) in [6.07, 6.45) is 7.37. The summed E-state index contributed by atoms with van der Waals surface area (Å²) in [5.41, 5.74) is 15.7. The number of sulfone groups is 2. The van der Waals surface area contributed by atoms with Crippen LogP contribution in [0.2, 0.25) is 10.0 Å². The summed E-state index contributed by atoms with van der Waals surface area (Å²) >= 11 is 17.7. The van der Waals surface area contributed by atoms with Crippen LogP contribution in [0.25, 0.3) is 65.5 Å². The molecule has 544 valence electrons. The number of anilines is 5. The molecule has 0 aliphatic carbocycles. The summed E-state index contributed by atoms with van der Waals surface area (Å²) in [4.78, 5) is 43.8. The van der Waals surface area contributed by atoms with E-state index in [9.17, 15) is 42.8 Å². The number of ether oxygens (including phenoxy) is 2. The highest BCUT2D eigenvalue weighted by Gasteiger charge is 2.32. The number of nitrogens with two attached hydrogens (primary N) is 2. The van der Waals surface area contributed by atoms with E-state index in [0.717, 1.165) is 38.3 Å². The van der Waals surface area contributed by atoms with Crippen LogP contribution in [0, 0.1) is 29.1 Å². The van der Waals surface area contributed by atoms with Crippen LogP contribution in [0.3, 0.4) is 0 Å². The maximum atomic E-state index is 15.6. The monoisotopic (exact) mass is 1580 g/mol. The van der Waals surface area contributed by atoms with Crippen molar-refractivity contribution in [3.05, 3.63) is 208 Å². The largest absolute Gasteiger partial charge is 0.453 e. The summed E-state index contributed by atoms with van der Waals surface area (Å²) in [6, 6.07) is 26.6. The van der Waals surface area contributed by atoms with Crippen LogP contribution in [0.15, 0.2) is 172 Å². The molecule has 36 heteroatoms. The number of nitrogen functional groups attached to an aromatic ring is 2. The Hall–Kier alpha value is -9.49. The van der Waals surface area contributed by atoms with Crippen molar-refractivity contribution in [1.82, 2.24) is 44.9 Å². The first-order chi connectivity index (χ1) is 50.1. The Morgan fingerprint density at radius 1 is 0.533 bits per heavy atom. The Kier molecular flexibility index (Phi) is 22.7. The minimum Gasteiger partial charge on any atom is -0.453 e. The molecule has 2 aliphatic rings. The van der Waals surface area contributed by atoms with Crippen LogP contribution in [-0.2, 0) is 56.1 Å². The molecule has 0 saturated carbocycles. The highest BCUT2D eigenvalue weighted by Crippen LogP contribution is 2.47.